The molecular weight excluding hydrogens is 276 g/mol. The minimum absolute atomic E-state index is 0.00170. The van der Waals surface area contributed by atoms with Gasteiger partial charge in [-0.25, -0.2) is 9.36 Å². The monoisotopic (exact) mass is 291 g/mol. The molecule has 1 saturated heterocycles. The van der Waals surface area contributed by atoms with E-state index in [1.54, 1.807) is 16.7 Å². The van der Waals surface area contributed by atoms with Crippen LogP contribution in [0.15, 0.2) is 41.9 Å². The summed E-state index contributed by atoms with van der Waals surface area (Å²) in [6.45, 7) is 0.592. The third-order valence-electron chi connectivity index (χ3n) is 3.46. The maximum Gasteiger partial charge on any atom is 0.355 e. The first kappa shape index (κ1) is 13.2. The van der Waals surface area contributed by atoms with E-state index in [1.807, 2.05) is 35.2 Å². The summed E-state index contributed by atoms with van der Waals surface area (Å²) < 4.78 is 6.84. The largest absolute Gasteiger partial charge is 0.464 e. The number of amides is 1. The molecule has 0 N–H and O–H groups in total. The second-order valence-electron chi connectivity index (χ2n) is 4.73. The van der Waals surface area contributed by atoms with Gasteiger partial charge < -0.3 is 4.74 Å². The molecule has 104 valence electrons. The lowest BCUT2D eigenvalue weighted by Crippen LogP contribution is -2.55. The summed E-state index contributed by atoms with van der Waals surface area (Å²) in [4.78, 5) is 25.3. The van der Waals surface area contributed by atoms with Gasteiger partial charge in [0.05, 0.1) is 18.9 Å². The number of thioether (sulfide) groups is 1. The summed E-state index contributed by atoms with van der Waals surface area (Å²) in [7, 11) is 1.35. The maximum atomic E-state index is 12.0. The molecular formula is C14H15N2O3S+. The minimum atomic E-state index is -0.421. The van der Waals surface area contributed by atoms with E-state index in [0.29, 0.717) is 18.7 Å². The van der Waals surface area contributed by atoms with Crippen LogP contribution in [-0.4, -0.2) is 35.0 Å². The highest BCUT2D eigenvalue weighted by Crippen LogP contribution is 2.40. The van der Waals surface area contributed by atoms with Crippen molar-refractivity contribution in [3.05, 3.63) is 41.9 Å². The SMILES string of the molecule is COC(=O)C1=C(C[n+]2ccccc2)CSC2CC(=O)N12. The summed E-state index contributed by atoms with van der Waals surface area (Å²) >= 11 is 1.70. The number of hydrogen-bond acceptors (Lipinski definition) is 4. The molecule has 3 heterocycles. The number of esters is 1. The molecule has 0 aliphatic carbocycles. The second kappa shape index (κ2) is 5.28. The summed E-state index contributed by atoms with van der Waals surface area (Å²) in [5.74, 6) is 0.328. The number of β-lactam (4-membered cyclic amide) rings is 1. The number of aromatic nitrogens is 1. The number of carbonyl (C=O) groups is 2. The van der Waals surface area contributed by atoms with Gasteiger partial charge in [-0.05, 0) is 0 Å². The normalized spacial score (nSPS) is 21.4. The van der Waals surface area contributed by atoms with Gasteiger partial charge in [0, 0.05) is 23.5 Å². The Labute approximate surface area is 121 Å². The van der Waals surface area contributed by atoms with Crippen molar-refractivity contribution in [1.29, 1.82) is 0 Å². The predicted molar refractivity (Wildman–Crippen MR) is 73.4 cm³/mol. The number of ether oxygens (including phenoxy) is 1. The third kappa shape index (κ3) is 2.20. The van der Waals surface area contributed by atoms with E-state index >= 15 is 0 Å². The molecule has 0 bridgehead atoms. The van der Waals surface area contributed by atoms with Crippen LogP contribution in [0, 0.1) is 0 Å². The van der Waals surface area contributed by atoms with Crippen molar-refractivity contribution >= 4 is 23.6 Å². The van der Waals surface area contributed by atoms with Crippen molar-refractivity contribution < 1.29 is 18.9 Å². The Bertz CT molecular complexity index is 585. The summed E-state index contributed by atoms with van der Waals surface area (Å²) in [6.07, 6.45) is 4.39. The Hall–Kier alpha value is -1.82. The molecule has 0 spiro atoms. The van der Waals surface area contributed by atoms with E-state index < -0.39 is 5.97 Å². The molecule has 3 rings (SSSR count). The number of nitrogens with zero attached hydrogens (tertiary/aromatic N) is 2. The molecule has 5 nitrogen and oxygen atoms in total. The molecule has 2 aliphatic heterocycles. The predicted octanol–water partition coefficient (Wildman–Crippen LogP) is 0.706. The summed E-state index contributed by atoms with van der Waals surface area (Å²) in [5, 5.41) is 0.0983. The van der Waals surface area contributed by atoms with Gasteiger partial charge >= 0.3 is 5.97 Å². The third-order valence-corrected chi connectivity index (χ3v) is 4.74. The fourth-order valence-electron chi connectivity index (χ4n) is 2.44. The smallest absolute Gasteiger partial charge is 0.355 e. The van der Waals surface area contributed by atoms with Crippen LogP contribution in [0.4, 0.5) is 0 Å². The zero-order valence-corrected chi connectivity index (χ0v) is 11.9. The number of pyridine rings is 1. The molecule has 2 aliphatic rings. The molecule has 1 atom stereocenters. The van der Waals surface area contributed by atoms with Crippen molar-refractivity contribution in [2.75, 3.05) is 12.9 Å². The van der Waals surface area contributed by atoms with Gasteiger partial charge in [-0.15, -0.1) is 11.8 Å². The van der Waals surface area contributed by atoms with E-state index in [9.17, 15) is 9.59 Å². The van der Waals surface area contributed by atoms with Crippen molar-refractivity contribution in [3.63, 3.8) is 0 Å². The lowest BCUT2D eigenvalue weighted by molar-refractivity contribution is -0.689. The molecule has 1 aromatic heterocycles. The van der Waals surface area contributed by atoms with Gasteiger partial charge in [-0.1, -0.05) is 6.07 Å². The lowest BCUT2D eigenvalue weighted by atomic mass is 10.1. The van der Waals surface area contributed by atoms with E-state index in [1.165, 1.54) is 7.11 Å². The topological polar surface area (TPSA) is 50.5 Å². The average molecular weight is 291 g/mol. The van der Waals surface area contributed by atoms with Gasteiger partial charge in [0.25, 0.3) is 0 Å². The van der Waals surface area contributed by atoms with Gasteiger partial charge in [0.15, 0.2) is 18.9 Å². The van der Waals surface area contributed by atoms with Crippen LogP contribution in [0.25, 0.3) is 0 Å². The molecule has 0 radical (unpaired) electrons. The zero-order valence-electron chi connectivity index (χ0n) is 11.1. The molecule has 1 amide bonds. The van der Waals surface area contributed by atoms with Crippen LogP contribution in [-0.2, 0) is 20.9 Å². The number of hydrogen-bond donors (Lipinski definition) is 0. The van der Waals surface area contributed by atoms with Crippen molar-refractivity contribution in [2.45, 2.75) is 18.3 Å². The first-order valence-corrected chi connectivity index (χ1v) is 7.43. The molecule has 6 heteroatoms. The number of carbonyl (C=O) groups excluding carboxylic acids is 2. The van der Waals surface area contributed by atoms with Gasteiger partial charge in [0.1, 0.15) is 5.70 Å². The Morgan fingerprint density at radius 2 is 2.20 bits per heavy atom. The van der Waals surface area contributed by atoms with E-state index in [0.717, 1.165) is 11.3 Å². The lowest BCUT2D eigenvalue weighted by Gasteiger charge is -2.43. The Kier molecular flexibility index (Phi) is 3.48. The first-order chi connectivity index (χ1) is 9.70. The molecule has 0 aromatic carbocycles. The highest BCUT2D eigenvalue weighted by Gasteiger charge is 2.46. The first-order valence-electron chi connectivity index (χ1n) is 6.39. The zero-order chi connectivity index (χ0) is 14.1. The average Bonchev–Trinajstić information content (AvgIpc) is 2.47. The van der Waals surface area contributed by atoms with Crippen LogP contribution in [0.2, 0.25) is 0 Å². The van der Waals surface area contributed by atoms with Crippen molar-refractivity contribution in [2.24, 2.45) is 0 Å². The minimum Gasteiger partial charge on any atom is -0.464 e. The quantitative estimate of drug-likeness (QED) is 0.467. The second-order valence-corrected chi connectivity index (χ2v) is 5.89. The molecule has 0 saturated carbocycles. The van der Waals surface area contributed by atoms with Gasteiger partial charge in [0.2, 0.25) is 5.91 Å². The van der Waals surface area contributed by atoms with Crippen LogP contribution in [0.1, 0.15) is 6.42 Å². The van der Waals surface area contributed by atoms with Crippen LogP contribution < -0.4 is 4.57 Å². The number of rotatable bonds is 3. The Balaban J connectivity index is 1.95. The van der Waals surface area contributed by atoms with Crippen LogP contribution >= 0.6 is 11.8 Å². The van der Waals surface area contributed by atoms with Gasteiger partial charge in [-0.3, -0.25) is 9.69 Å². The highest BCUT2D eigenvalue weighted by atomic mass is 32.2. The number of methoxy groups -OCH3 is 1. The molecule has 1 unspecified atom stereocenters. The molecule has 1 aromatic rings. The van der Waals surface area contributed by atoms with Crippen molar-refractivity contribution in [3.8, 4) is 0 Å². The van der Waals surface area contributed by atoms with E-state index in [2.05, 4.69) is 0 Å². The van der Waals surface area contributed by atoms with E-state index in [4.69, 9.17) is 4.74 Å². The maximum absolute atomic E-state index is 12.0. The fraction of sp³-hybridized carbons (Fsp3) is 0.357. The molecule has 1 fully saturated rings. The summed E-state index contributed by atoms with van der Waals surface area (Å²) in [5.41, 5.74) is 1.37. The van der Waals surface area contributed by atoms with Crippen LogP contribution in [0.3, 0.4) is 0 Å². The van der Waals surface area contributed by atoms with E-state index in [-0.39, 0.29) is 11.3 Å². The van der Waals surface area contributed by atoms with Crippen molar-refractivity contribution in [1.82, 2.24) is 4.90 Å². The fourth-order valence-corrected chi connectivity index (χ4v) is 3.70. The van der Waals surface area contributed by atoms with Gasteiger partial charge in [-0.2, -0.15) is 0 Å². The Morgan fingerprint density at radius 1 is 1.45 bits per heavy atom. The standard InChI is InChI=1S/C14H15N2O3S/c1-19-14(18)13-10(8-15-5-3-2-4-6-15)9-20-12-7-11(17)16(12)13/h2-6,12H,7-9H2,1H3/q+1. The van der Waals surface area contributed by atoms with Crippen LogP contribution in [0.5, 0.6) is 0 Å². The molecule has 20 heavy (non-hydrogen) atoms. The Morgan fingerprint density at radius 3 is 2.85 bits per heavy atom. The number of fused-ring (bicyclic) bond motifs is 1. The summed E-state index contributed by atoms with van der Waals surface area (Å²) in [6, 6.07) is 5.81. The highest BCUT2D eigenvalue weighted by molar-refractivity contribution is 8.00.